The maximum Gasteiger partial charge on any atom is 0.210 e. The van der Waals surface area contributed by atoms with Crippen LogP contribution in [0.3, 0.4) is 0 Å². The molecular weight excluding hydrogens is 200 g/mol. The van der Waals surface area contributed by atoms with E-state index in [1.807, 2.05) is 0 Å². The van der Waals surface area contributed by atoms with Crippen molar-refractivity contribution in [3.8, 4) is 0 Å². The monoisotopic (exact) mass is 220 g/mol. The Morgan fingerprint density at radius 3 is 2.64 bits per heavy atom. The zero-order valence-corrected chi connectivity index (χ0v) is 9.81. The Morgan fingerprint density at radius 2 is 2.14 bits per heavy atom. The summed E-state index contributed by atoms with van der Waals surface area (Å²) >= 11 is 0. The minimum Gasteiger partial charge on any atom is -0.314 e. The predicted octanol–water partition coefficient (Wildman–Crippen LogP) is 0.410. The average molecular weight is 220 g/mol. The Labute approximate surface area is 86.7 Å². The van der Waals surface area contributed by atoms with Crippen LogP contribution in [0.2, 0.25) is 0 Å². The van der Waals surface area contributed by atoms with E-state index >= 15 is 0 Å². The van der Waals surface area contributed by atoms with Gasteiger partial charge in [0.2, 0.25) is 10.0 Å². The van der Waals surface area contributed by atoms with Gasteiger partial charge in [0, 0.05) is 19.6 Å². The standard InChI is InChI=1S/C9H20N2O2S/c1-11(14(2,12)13)8-6-9-5-3-4-7-10-9/h9-10H,3-8H2,1-2H3. The van der Waals surface area contributed by atoms with Gasteiger partial charge in [-0.3, -0.25) is 0 Å². The zero-order valence-electron chi connectivity index (χ0n) is 8.99. The Hall–Kier alpha value is -0.130. The van der Waals surface area contributed by atoms with Gasteiger partial charge < -0.3 is 5.32 Å². The van der Waals surface area contributed by atoms with Gasteiger partial charge in [0.25, 0.3) is 0 Å². The summed E-state index contributed by atoms with van der Waals surface area (Å²) in [6.45, 7) is 1.70. The molecule has 5 heteroatoms. The van der Waals surface area contributed by atoms with Crippen molar-refractivity contribution >= 4 is 10.0 Å². The maximum atomic E-state index is 11.1. The number of nitrogens with zero attached hydrogens (tertiary/aromatic N) is 1. The Bertz CT molecular complexity index is 258. The molecule has 1 unspecified atom stereocenters. The van der Waals surface area contributed by atoms with Gasteiger partial charge in [-0.2, -0.15) is 0 Å². The molecule has 84 valence electrons. The first-order valence-corrected chi connectivity index (χ1v) is 6.99. The summed E-state index contributed by atoms with van der Waals surface area (Å²) in [4.78, 5) is 0. The lowest BCUT2D eigenvalue weighted by molar-refractivity contribution is 0.352. The number of rotatable bonds is 4. The van der Waals surface area contributed by atoms with E-state index < -0.39 is 10.0 Å². The molecule has 0 aromatic carbocycles. The molecule has 1 N–H and O–H groups in total. The van der Waals surface area contributed by atoms with Gasteiger partial charge >= 0.3 is 0 Å². The van der Waals surface area contributed by atoms with Crippen molar-refractivity contribution in [1.29, 1.82) is 0 Å². The van der Waals surface area contributed by atoms with Crippen LogP contribution in [0.1, 0.15) is 25.7 Å². The van der Waals surface area contributed by atoms with E-state index in [-0.39, 0.29) is 0 Å². The topological polar surface area (TPSA) is 49.4 Å². The fourth-order valence-electron chi connectivity index (χ4n) is 1.67. The van der Waals surface area contributed by atoms with Crippen LogP contribution in [-0.4, -0.2) is 45.2 Å². The van der Waals surface area contributed by atoms with E-state index in [4.69, 9.17) is 0 Å². The van der Waals surface area contributed by atoms with Crippen LogP contribution in [0.4, 0.5) is 0 Å². The second-order valence-corrected chi connectivity index (χ2v) is 6.11. The second-order valence-electron chi connectivity index (χ2n) is 4.02. The van der Waals surface area contributed by atoms with E-state index in [0.29, 0.717) is 12.6 Å². The first-order chi connectivity index (χ1) is 6.50. The van der Waals surface area contributed by atoms with Gasteiger partial charge in [0.15, 0.2) is 0 Å². The van der Waals surface area contributed by atoms with Crippen molar-refractivity contribution in [3.05, 3.63) is 0 Å². The third-order valence-electron chi connectivity index (χ3n) is 2.77. The normalized spacial score (nSPS) is 24.1. The highest BCUT2D eigenvalue weighted by atomic mass is 32.2. The minimum atomic E-state index is -3.00. The lowest BCUT2D eigenvalue weighted by Gasteiger charge is -2.25. The SMILES string of the molecule is CN(CCC1CCCCN1)S(C)(=O)=O. The molecule has 1 saturated heterocycles. The smallest absolute Gasteiger partial charge is 0.210 e. The maximum absolute atomic E-state index is 11.1. The van der Waals surface area contributed by atoms with Crippen LogP contribution in [0.25, 0.3) is 0 Å². The van der Waals surface area contributed by atoms with Gasteiger partial charge in [0.1, 0.15) is 0 Å². The van der Waals surface area contributed by atoms with Crippen LogP contribution in [-0.2, 0) is 10.0 Å². The van der Waals surface area contributed by atoms with Crippen LogP contribution in [0.15, 0.2) is 0 Å². The second kappa shape index (κ2) is 5.09. The van der Waals surface area contributed by atoms with Crippen molar-refractivity contribution in [3.63, 3.8) is 0 Å². The van der Waals surface area contributed by atoms with E-state index in [0.717, 1.165) is 13.0 Å². The molecule has 1 rings (SSSR count). The summed E-state index contributed by atoms with van der Waals surface area (Å²) in [7, 11) is -1.36. The highest BCUT2D eigenvalue weighted by Gasteiger charge is 2.16. The third kappa shape index (κ3) is 3.94. The number of piperidine rings is 1. The molecular formula is C9H20N2O2S. The molecule has 1 atom stereocenters. The molecule has 1 heterocycles. The summed E-state index contributed by atoms with van der Waals surface area (Å²) in [5.74, 6) is 0. The van der Waals surface area contributed by atoms with Crippen LogP contribution in [0, 0.1) is 0 Å². The summed E-state index contributed by atoms with van der Waals surface area (Å²) in [6.07, 6.45) is 5.86. The first-order valence-electron chi connectivity index (χ1n) is 5.15. The van der Waals surface area contributed by atoms with E-state index in [1.165, 1.54) is 29.8 Å². The molecule has 1 fully saturated rings. The molecule has 0 aromatic rings. The molecule has 4 nitrogen and oxygen atoms in total. The number of hydrogen-bond donors (Lipinski definition) is 1. The van der Waals surface area contributed by atoms with Crippen molar-refractivity contribution in [2.75, 3.05) is 26.4 Å². The third-order valence-corrected chi connectivity index (χ3v) is 4.09. The van der Waals surface area contributed by atoms with Crippen LogP contribution < -0.4 is 5.32 Å². The van der Waals surface area contributed by atoms with Gasteiger partial charge in [-0.25, -0.2) is 12.7 Å². The van der Waals surface area contributed by atoms with Gasteiger partial charge in [-0.05, 0) is 25.8 Å². The number of sulfonamides is 1. The minimum absolute atomic E-state index is 0.507. The lowest BCUT2D eigenvalue weighted by Crippen LogP contribution is -2.37. The Morgan fingerprint density at radius 1 is 1.43 bits per heavy atom. The molecule has 0 spiro atoms. The Balaban J connectivity index is 2.25. The van der Waals surface area contributed by atoms with Crippen LogP contribution >= 0.6 is 0 Å². The number of nitrogens with one attached hydrogen (secondary N) is 1. The van der Waals surface area contributed by atoms with E-state index in [2.05, 4.69) is 5.32 Å². The van der Waals surface area contributed by atoms with Crippen molar-refractivity contribution in [1.82, 2.24) is 9.62 Å². The molecule has 14 heavy (non-hydrogen) atoms. The van der Waals surface area contributed by atoms with E-state index in [9.17, 15) is 8.42 Å². The largest absolute Gasteiger partial charge is 0.314 e. The highest BCUT2D eigenvalue weighted by Crippen LogP contribution is 2.10. The fraction of sp³-hybridized carbons (Fsp3) is 1.00. The molecule has 0 aromatic heterocycles. The predicted molar refractivity (Wildman–Crippen MR) is 57.7 cm³/mol. The highest BCUT2D eigenvalue weighted by molar-refractivity contribution is 7.88. The summed E-state index contributed by atoms with van der Waals surface area (Å²) in [6, 6.07) is 0.507. The Kier molecular flexibility index (Phi) is 4.34. The zero-order chi connectivity index (χ0) is 10.6. The molecule has 1 aliphatic rings. The first kappa shape index (κ1) is 11.9. The van der Waals surface area contributed by atoms with Crippen molar-refractivity contribution in [2.24, 2.45) is 0 Å². The molecule has 0 aliphatic carbocycles. The lowest BCUT2D eigenvalue weighted by atomic mass is 10.0. The quantitative estimate of drug-likeness (QED) is 0.746. The molecule has 0 saturated carbocycles. The summed E-state index contributed by atoms with van der Waals surface area (Å²) < 4.78 is 23.6. The van der Waals surface area contributed by atoms with Crippen molar-refractivity contribution < 1.29 is 8.42 Å². The van der Waals surface area contributed by atoms with Gasteiger partial charge in [-0.15, -0.1) is 0 Å². The van der Waals surface area contributed by atoms with Crippen molar-refractivity contribution in [2.45, 2.75) is 31.7 Å². The molecule has 0 bridgehead atoms. The fourth-order valence-corrected chi connectivity index (χ4v) is 2.11. The van der Waals surface area contributed by atoms with E-state index in [1.54, 1.807) is 7.05 Å². The van der Waals surface area contributed by atoms with Gasteiger partial charge in [0.05, 0.1) is 6.26 Å². The molecule has 0 amide bonds. The summed E-state index contributed by atoms with van der Waals surface area (Å²) in [5.41, 5.74) is 0. The van der Waals surface area contributed by atoms with Crippen LogP contribution in [0.5, 0.6) is 0 Å². The summed E-state index contributed by atoms with van der Waals surface area (Å²) in [5, 5.41) is 3.40. The number of hydrogen-bond acceptors (Lipinski definition) is 3. The van der Waals surface area contributed by atoms with Gasteiger partial charge in [-0.1, -0.05) is 6.42 Å². The molecule has 0 radical (unpaired) electrons. The molecule has 1 aliphatic heterocycles. The average Bonchev–Trinajstić information content (AvgIpc) is 2.14.